The quantitative estimate of drug-likeness (QED) is 0.510. The summed E-state index contributed by atoms with van der Waals surface area (Å²) < 4.78 is 6.18. The van der Waals surface area contributed by atoms with Crippen LogP contribution in [-0.4, -0.2) is 39.5 Å². The van der Waals surface area contributed by atoms with Gasteiger partial charge >= 0.3 is 0 Å². The average molecular weight is 333 g/mol. The first kappa shape index (κ1) is 18.6. The van der Waals surface area contributed by atoms with Gasteiger partial charge in [0.25, 0.3) is 5.91 Å². The molecule has 0 radical (unpaired) electrons. The first-order valence-corrected chi connectivity index (χ1v) is 8.17. The van der Waals surface area contributed by atoms with E-state index in [1.165, 1.54) is 0 Å². The predicted molar refractivity (Wildman–Crippen MR) is 92.3 cm³/mol. The standard InChI is InChI=1S/C19H27NO4/c1-13(14(2)23-22)17(21)20-16(12-15-10-8-7-9-11-15)18(3,4)24-19(20,5)6/h7-11,14,16,22H,1,12H2,2-6H3/t14?,16-/m0/s1. The Hall–Kier alpha value is -1.69. The van der Waals surface area contributed by atoms with Gasteiger partial charge in [0.2, 0.25) is 0 Å². The third kappa shape index (κ3) is 3.53. The summed E-state index contributed by atoms with van der Waals surface area (Å²) >= 11 is 0. The van der Waals surface area contributed by atoms with E-state index in [-0.39, 0.29) is 17.5 Å². The van der Waals surface area contributed by atoms with Crippen molar-refractivity contribution in [1.82, 2.24) is 4.90 Å². The zero-order valence-corrected chi connectivity index (χ0v) is 15.1. The highest BCUT2D eigenvalue weighted by molar-refractivity contribution is 5.94. The van der Waals surface area contributed by atoms with Gasteiger partial charge < -0.3 is 9.64 Å². The summed E-state index contributed by atoms with van der Waals surface area (Å²) in [5.41, 5.74) is 0.0354. The molecule has 0 spiro atoms. The zero-order chi connectivity index (χ0) is 18.1. The summed E-state index contributed by atoms with van der Waals surface area (Å²) in [7, 11) is 0. The van der Waals surface area contributed by atoms with E-state index in [1.807, 2.05) is 58.0 Å². The summed E-state index contributed by atoms with van der Waals surface area (Å²) in [5, 5.41) is 8.87. The molecule has 1 unspecified atom stereocenters. The fraction of sp³-hybridized carbons (Fsp3) is 0.526. The maximum Gasteiger partial charge on any atom is 0.254 e. The average Bonchev–Trinajstić information content (AvgIpc) is 2.70. The number of carbonyl (C=O) groups excluding carboxylic acids is 1. The molecule has 1 amide bonds. The Kier molecular flexibility index (Phi) is 5.18. The van der Waals surface area contributed by atoms with Crippen molar-refractivity contribution in [2.24, 2.45) is 0 Å². The second-order valence-corrected chi connectivity index (χ2v) is 7.31. The molecule has 1 heterocycles. The van der Waals surface area contributed by atoms with E-state index in [0.717, 1.165) is 5.56 Å². The van der Waals surface area contributed by atoms with Crippen LogP contribution in [0.1, 0.15) is 40.2 Å². The van der Waals surface area contributed by atoms with Crippen LogP contribution in [-0.2, 0) is 20.8 Å². The monoisotopic (exact) mass is 333 g/mol. The Bertz CT molecular complexity index is 609. The minimum absolute atomic E-state index is 0.162. The largest absolute Gasteiger partial charge is 0.348 e. The molecule has 1 aliphatic heterocycles. The van der Waals surface area contributed by atoms with Crippen molar-refractivity contribution in [2.45, 2.75) is 64.5 Å². The summed E-state index contributed by atoms with van der Waals surface area (Å²) in [5.74, 6) is -0.270. The molecule has 1 aliphatic rings. The summed E-state index contributed by atoms with van der Waals surface area (Å²) in [6.45, 7) is 13.1. The Morgan fingerprint density at radius 1 is 1.33 bits per heavy atom. The topological polar surface area (TPSA) is 59.0 Å². The number of hydrogen-bond donors (Lipinski definition) is 1. The third-order valence-corrected chi connectivity index (χ3v) is 4.62. The second-order valence-electron chi connectivity index (χ2n) is 7.31. The van der Waals surface area contributed by atoms with Crippen LogP contribution in [0.2, 0.25) is 0 Å². The molecule has 0 bridgehead atoms. The van der Waals surface area contributed by atoms with Gasteiger partial charge in [-0.05, 0) is 46.6 Å². The van der Waals surface area contributed by atoms with Gasteiger partial charge in [0.1, 0.15) is 11.8 Å². The molecule has 1 N–H and O–H groups in total. The van der Waals surface area contributed by atoms with Crippen LogP contribution in [0.15, 0.2) is 42.5 Å². The molecule has 5 heteroatoms. The number of nitrogens with zero attached hydrogens (tertiary/aromatic N) is 1. The van der Waals surface area contributed by atoms with E-state index >= 15 is 0 Å². The molecule has 1 fully saturated rings. The van der Waals surface area contributed by atoms with Crippen LogP contribution in [0.5, 0.6) is 0 Å². The highest BCUT2D eigenvalue weighted by atomic mass is 17.1. The Morgan fingerprint density at radius 3 is 2.46 bits per heavy atom. The molecule has 24 heavy (non-hydrogen) atoms. The Labute approximate surface area is 143 Å². The lowest BCUT2D eigenvalue weighted by molar-refractivity contribution is -0.264. The summed E-state index contributed by atoms with van der Waals surface area (Å²) in [4.78, 5) is 19.0. The van der Waals surface area contributed by atoms with Gasteiger partial charge in [-0.25, -0.2) is 4.89 Å². The molecule has 2 atom stereocenters. The molecule has 1 saturated heterocycles. The molecule has 0 aliphatic carbocycles. The summed E-state index contributed by atoms with van der Waals surface area (Å²) in [6.07, 6.45) is -0.0978. The lowest BCUT2D eigenvalue weighted by atomic mass is 9.91. The van der Waals surface area contributed by atoms with Crippen molar-refractivity contribution in [3.8, 4) is 0 Å². The van der Waals surface area contributed by atoms with E-state index in [4.69, 9.17) is 9.99 Å². The van der Waals surface area contributed by atoms with E-state index < -0.39 is 17.4 Å². The molecular weight excluding hydrogens is 306 g/mol. The smallest absolute Gasteiger partial charge is 0.254 e. The van der Waals surface area contributed by atoms with E-state index in [0.29, 0.717) is 6.42 Å². The molecular formula is C19H27NO4. The summed E-state index contributed by atoms with van der Waals surface area (Å²) in [6, 6.07) is 9.85. The number of amides is 1. The van der Waals surface area contributed by atoms with Crippen molar-refractivity contribution in [2.75, 3.05) is 0 Å². The highest BCUT2D eigenvalue weighted by Crippen LogP contribution is 2.41. The van der Waals surface area contributed by atoms with Crippen LogP contribution in [0.25, 0.3) is 0 Å². The lowest BCUT2D eigenvalue weighted by Gasteiger charge is -2.35. The van der Waals surface area contributed by atoms with Gasteiger partial charge in [-0.1, -0.05) is 36.9 Å². The van der Waals surface area contributed by atoms with Crippen molar-refractivity contribution in [3.63, 3.8) is 0 Å². The van der Waals surface area contributed by atoms with Crippen LogP contribution in [0, 0.1) is 0 Å². The van der Waals surface area contributed by atoms with E-state index in [1.54, 1.807) is 11.8 Å². The van der Waals surface area contributed by atoms with Crippen molar-refractivity contribution in [3.05, 3.63) is 48.0 Å². The molecule has 132 valence electrons. The maximum absolute atomic E-state index is 13.0. The molecule has 0 saturated carbocycles. The van der Waals surface area contributed by atoms with Gasteiger partial charge in [-0.2, -0.15) is 0 Å². The van der Waals surface area contributed by atoms with Gasteiger partial charge in [0.15, 0.2) is 0 Å². The normalized spacial score (nSPS) is 23.1. The van der Waals surface area contributed by atoms with Crippen molar-refractivity contribution >= 4 is 5.91 Å². The molecule has 0 aromatic heterocycles. The highest BCUT2D eigenvalue weighted by Gasteiger charge is 2.54. The fourth-order valence-electron chi connectivity index (χ4n) is 3.40. The molecule has 1 aromatic rings. The van der Waals surface area contributed by atoms with Gasteiger partial charge in [-0.15, -0.1) is 0 Å². The zero-order valence-electron chi connectivity index (χ0n) is 15.1. The minimum Gasteiger partial charge on any atom is -0.348 e. The maximum atomic E-state index is 13.0. The first-order chi connectivity index (χ1) is 11.1. The number of benzene rings is 1. The molecule has 1 aromatic carbocycles. The Balaban J connectivity index is 2.36. The van der Waals surface area contributed by atoms with Crippen LogP contribution >= 0.6 is 0 Å². The van der Waals surface area contributed by atoms with Crippen LogP contribution in [0.4, 0.5) is 0 Å². The molecule has 5 nitrogen and oxygen atoms in total. The minimum atomic E-state index is -0.780. The Morgan fingerprint density at radius 2 is 1.92 bits per heavy atom. The number of carbonyl (C=O) groups is 1. The SMILES string of the molecule is C=C(C(=O)N1[C@@H](Cc2ccccc2)C(C)(C)OC1(C)C)C(C)OO. The van der Waals surface area contributed by atoms with Gasteiger partial charge in [-0.3, -0.25) is 10.1 Å². The van der Waals surface area contributed by atoms with Crippen molar-refractivity contribution < 1.29 is 19.7 Å². The van der Waals surface area contributed by atoms with Crippen LogP contribution in [0.3, 0.4) is 0 Å². The van der Waals surface area contributed by atoms with Crippen molar-refractivity contribution in [1.29, 1.82) is 0 Å². The number of rotatable bonds is 5. The number of hydrogen-bond acceptors (Lipinski definition) is 4. The first-order valence-electron chi connectivity index (χ1n) is 8.17. The lowest BCUT2D eigenvalue weighted by Crippen LogP contribution is -2.51. The third-order valence-electron chi connectivity index (χ3n) is 4.62. The molecule has 2 rings (SSSR count). The number of ether oxygens (including phenoxy) is 1. The van der Waals surface area contributed by atoms with E-state index in [2.05, 4.69) is 11.5 Å². The predicted octanol–water partition coefficient (Wildman–Crippen LogP) is 3.41. The fourth-order valence-corrected chi connectivity index (χ4v) is 3.40. The second kappa shape index (κ2) is 6.67. The van der Waals surface area contributed by atoms with Gasteiger partial charge in [0, 0.05) is 5.57 Å². The van der Waals surface area contributed by atoms with Gasteiger partial charge in [0.05, 0.1) is 11.6 Å². The van der Waals surface area contributed by atoms with E-state index in [9.17, 15) is 4.79 Å². The van der Waals surface area contributed by atoms with Crippen LogP contribution < -0.4 is 0 Å².